The molecule has 0 amide bonds. The standard InChI is InChI=1S/C7H11F2NO/c1-6(8)7(9)10-2-4-11-5-3-10/h7H,1-5H2. The van der Waals surface area contributed by atoms with Gasteiger partial charge >= 0.3 is 0 Å². The van der Waals surface area contributed by atoms with Gasteiger partial charge in [0.2, 0.25) is 6.30 Å². The quantitative estimate of drug-likeness (QED) is 0.565. The molecule has 1 aliphatic rings. The second-order valence-corrected chi connectivity index (χ2v) is 2.43. The van der Waals surface area contributed by atoms with Crippen molar-refractivity contribution in [1.29, 1.82) is 0 Å². The summed E-state index contributed by atoms with van der Waals surface area (Å²) in [7, 11) is 0. The average Bonchev–Trinajstić information content (AvgIpc) is 2.05. The molecule has 11 heavy (non-hydrogen) atoms. The van der Waals surface area contributed by atoms with Gasteiger partial charge in [0.1, 0.15) is 5.83 Å². The van der Waals surface area contributed by atoms with E-state index in [-0.39, 0.29) is 0 Å². The van der Waals surface area contributed by atoms with Crippen molar-refractivity contribution in [3.63, 3.8) is 0 Å². The van der Waals surface area contributed by atoms with Crippen LogP contribution in [0.3, 0.4) is 0 Å². The zero-order valence-corrected chi connectivity index (χ0v) is 6.22. The fraction of sp³-hybridized carbons (Fsp3) is 0.714. The van der Waals surface area contributed by atoms with Gasteiger partial charge in [-0.25, -0.2) is 8.78 Å². The lowest BCUT2D eigenvalue weighted by atomic mass is 10.4. The second-order valence-electron chi connectivity index (χ2n) is 2.43. The Balaban J connectivity index is 2.38. The van der Waals surface area contributed by atoms with Crippen LogP contribution < -0.4 is 0 Å². The largest absolute Gasteiger partial charge is 0.379 e. The molecule has 1 atom stereocenters. The van der Waals surface area contributed by atoms with Crippen molar-refractivity contribution >= 4 is 0 Å². The number of ether oxygens (including phenoxy) is 1. The summed E-state index contributed by atoms with van der Waals surface area (Å²) in [4.78, 5) is 1.37. The van der Waals surface area contributed by atoms with Crippen LogP contribution in [-0.4, -0.2) is 37.5 Å². The van der Waals surface area contributed by atoms with E-state index in [0.29, 0.717) is 26.3 Å². The first kappa shape index (κ1) is 8.62. The minimum atomic E-state index is -1.65. The Labute approximate surface area is 64.4 Å². The Kier molecular flexibility index (Phi) is 2.96. The smallest absolute Gasteiger partial charge is 0.205 e. The third-order valence-corrected chi connectivity index (χ3v) is 1.62. The van der Waals surface area contributed by atoms with E-state index in [1.807, 2.05) is 0 Å². The molecule has 0 aromatic carbocycles. The van der Waals surface area contributed by atoms with Crippen LogP contribution in [0.15, 0.2) is 12.4 Å². The molecular weight excluding hydrogens is 152 g/mol. The predicted octanol–water partition coefficient (Wildman–Crippen LogP) is 1.10. The highest BCUT2D eigenvalue weighted by Gasteiger charge is 2.22. The SMILES string of the molecule is C=C(F)C(F)N1CCOCC1. The molecule has 1 aliphatic heterocycles. The van der Waals surface area contributed by atoms with Crippen molar-refractivity contribution in [3.05, 3.63) is 12.4 Å². The number of halogens is 2. The number of hydrogen-bond donors (Lipinski definition) is 0. The fourth-order valence-corrected chi connectivity index (χ4v) is 1.00. The van der Waals surface area contributed by atoms with Crippen molar-refractivity contribution in [3.8, 4) is 0 Å². The zero-order valence-electron chi connectivity index (χ0n) is 6.22. The lowest BCUT2D eigenvalue weighted by molar-refractivity contribution is -0.0139. The Morgan fingerprint density at radius 2 is 2.00 bits per heavy atom. The number of morpholine rings is 1. The minimum Gasteiger partial charge on any atom is -0.379 e. The summed E-state index contributed by atoms with van der Waals surface area (Å²) in [6, 6.07) is 0. The van der Waals surface area contributed by atoms with Crippen LogP contribution in [0, 0.1) is 0 Å². The molecule has 64 valence electrons. The van der Waals surface area contributed by atoms with Gasteiger partial charge in [0.05, 0.1) is 13.2 Å². The van der Waals surface area contributed by atoms with Crippen LogP contribution in [0.1, 0.15) is 0 Å². The molecular formula is C7H11F2NO. The zero-order chi connectivity index (χ0) is 8.27. The Bertz CT molecular complexity index is 145. The van der Waals surface area contributed by atoms with Gasteiger partial charge in [-0.2, -0.15) is 0 Å². The van der Waals surface area contributed by atoms with Crippen molar-refractivity contribution in [2.75, 3.05) is 26.3 Å². The van der Waals surface area contributed by atoms with E-state index >= 15 is 0 Å². The monoisotopic (exact) mass is 163 g/mol. The van der Waals surface area contributed by atoms with Crippen molar-refractivity contribution < 1.29 is 13.5 Å². The topological polar surface area (TPSA) is 12.5 Å². The molecule has 1 heterocycles. The number of rotatable bonds is 2. The maximum Gasteiger partial charge on any atom is 0.205 e. The van der Waals surface area contributed by atoms with E-state index in [4.69, 9.17) is 4.74 Å². The maximum absolute atomic E-state index is 12.8. The Morgan fingerprint density at radius 3 is 2.45 bits per heavy atom. The normalized spacial score (nSPS) is 23.1. The summed E-state index contributed by atoms with van der Waals surface area (Å²) in [5.74, 6) is -0.924. The van der Waals surface area contributed by atoms with Crippen LogP contribution in [0.5, 0.6) is 0 Å². The molecule has 4 heteroatoms. The summed E-state index contributed by atoms with van der Waals surface area (Å²) >= 11 is 0. The van der Waals surface area contributed by atoms with Gasteiger partial charge < -0.3 is 4.74 Å². The maximum atomic E-state index is 12.8. The Morgan fingerprint density at radius 1 is 1.45 bits per heavy atom. The molecule has 0 aliphatic carbocycles. The van der Waals surface area contributed by atoms with Crippen LogP contribution in [-0.2, 0) is 4.74 Å². The van der Waals surface area contributed by atoms with Gasteiger partial charge in [-0.05, 0) is 0 Å². The highest BCUT2D eigenvalue weighted by atomic mass is 19.2. The predicted molar refractivity (Wildman–Crippen MR) is 37.5 cm³/mol. The fourth-order valence-electron chi connectivity index (χ4n) is 1.00. The number of alkyl halides is 1. The average molecular weight is 163 g/mol. The van der Waals surface area contributed by atoms with E-state index in [1.165, 1.54) is 4.90 Å². The Hall–Kier alpha value is -0.480. The lowest BCUT2D eigenvalue weighted by Gasteiger charge is -2.28. The highest BCUT2D eigenvalue weighted by Crippen LogP contribution is 2.12. The first-order chi connectivity index (χ1) is 5.22. The summed E-state index contributed by atoms with van der Waals surface area (Å²) in [6.45, 7) is 4.71. The summed E-state index contributed by atoms with van der Waals surface area (Å²) < 4.78 is 30.0. The van der Waals surface area contributed by atoms with E-state index in [9.17, 15) is 8.78 Å². The summed E-state index contributed by atoms with van der Waals surface area (Å²) in [6.07, 6.45) is -1.65. The van der Waals surface area contributed by atoms with E-state index in [0.717, 1.165) is 0 Å². The van der Waals surface area contributed by atoms with E-state index in [2.05, 4.69) is 6.58 Å². The highest BCUT2D eigenvalue weighted by molar-refractivity contribution is 4.90. The number of hydrogen-bond acceptors (Lipinski definition) is 2. The van der Waals surface area contributed by atoms with Crippen LogP contribution in [0.25, 0.3) is 0 Å². The van der Waals surface area contributed by atoms with Gasteiger partial charge in [0.15, 0.2) is 0 Å². The van der Waals surface area contributed by atoms with Gasteiger partial charge in [0.25, 0.3) is 0 Å². The molecule has 1 saturated heterocycles. The van der Waals surface area contributed by atoms with E-state index in [1.54, 1.807) is 0 Å². The minimum absolute atomic E-state index is 0.435. The van der Waals surface area contributed by atoms with Crippen LogP contribution in [0.2, 0.25) is 0 Å². The molecule has 0 aromatic heterocycles. The molecule has 2 nitrogen and oxygen atoms in total. The molecule has 0 aromatic rings. The lowest BCUT2D eigenvalue weighted by Crippen LogP contribution is -2.41. The van der Waals surface area contributed by atoms with Crippen LogP contribution in [0.4, 0.5) is 8.78 Å². The van der Waals surface area contributed by atoms with Crippen molar-refractivity contribution in [2.45, 2.75) is 6.30 Å². The second kappa shape index (κ2) is 3.78. The molecule has 1 fully saturated rings. The van der Waals surface area contributed by atoms with Gasteiger partial charge in [0, 0.05) is 13.1 Å². The third-order valence-electron chi connectivity index (χ3n) is 1.62. The first-order valence-electron chi connectivity index (χ1n) is 3.52. The summed E-state index contributed by atoms with van der Waals surface area (Å²) in [5, 5.41) is 0. The van der Waals surface area contributed by atoms with Gasteiger partial charge in [-0.1, -0.05) is 6.58 Å². The molecule has 0 radical (unpaired) electrons. The van der Waals surface area contributed by atoms with Crippen molar-refractivity contribution in [2.24, 2.45) is 0 Å². The van der Waals surface area contributed by atoms with Gasteiger partial charge in [-0.15, -0.1) is 0 Å². The molecule has 1 rings (SSSR count). The molecule has 0 saturated carbocycles. The van der Waals surface area contributed by atoms with Crippen molar-refractivity contribution in [1.82, 2.24) is 4.90 Å². The van der Waals surface area contributed by atoms with Crippen LogP contribution >= 0.6 is 0 Å². The number of nitrogens with zero attached hydrogens (tertiary/aromatic N) is 1. The molecule has 0 spiro atoms. The molecule has 0 bridgehead atoms. The molecule has 0 N–H and O–H groups in total. The first-order valence-corrected chi connectivity index (χ1v) is 3.52. The van der Waals surface area contributed by atoms with Gasteiger partial charge in [-0.3, -0.25) is 4.90 Å². The molecule has 1 unspecified atom stereocenters. The third kappa shape index (κ3) is 2.24. The van der Waals surface area contributed by atoms with E-state index < -0.39 is 12.1 Å². The summed E-state index contributed by atoms with van der Waals surface area (Å²) in [5.41, 5.74) is 0.